The number of aromatic nitrogens is 1. The summed E-state index contributed by atoms with van der Waals surface area (Å²) in [6.07, 6.45) is 0.692. The van der Waals surface area contributed by atoms with Crippen molar-refractivity contribution < 1.29 is 9.90 Å². The highest BCUT2D eigenvalue weighted by Crippen LogP contribution is 2.14. The van der Waals surface area contributed by atoms with E-state index in [1.165, 1.54) is 11.3 Å². The van der Waals surface area contributed by atoms with Crippen molar-refractivity contribution in [3.05, 3.63) is 11.1 Å². The number of carbonyl (C=O) groups is 1. The van der Waals surface area contributed by atoms with Crippen LogP contribution in [0.5, 0.6) is 0 Å². The number of aliphatic hydroxyl groups excluding tert-OH is 1. The van der Waals surface area contributed by atoms with Crippen LogP contribution < -0.4 is 5.32 Å². The average molecular weight is 257 g/mol. The van der Waals surface area contributed by atoms with Crippen molar-refractivity contribution in [1.29, 1.82) is 0 Å². The molecule has 0 aliphatic heterocycles. The topological polar surface area (TPSA) is 65.5 Å². The van der Waals surface area contributed by atoms with Crippen LogP contribution in [0.15, 0.2) is 5.38 Å². The fraction of sp³-hybridized carbons (Fsp3) is 0.636. The molecule has 0 spiro atoms. The second-order valence-electron chi connectivity index (χ2n) is 3.79. The molecule has 6 heteroatoms. The van der Waals surface area contributed by atoms with E-state index in [-0.39, 0.29) is 12.5 Å². The zero-order valence-electron chi connectivity index (χ0n) is 10.3. The first-order chi connectivity index (χ1) is 8.15. The third kappa shape index (κ3) is 5.25. The Morgan fingerprint density at radius 1 is 1.65 bits per heavy atom. The monoisotopic (exact) mass is 257 g/mol. The SMILES string of the molecule is CCN(CCCO)CC(=O)Nc1nc(C)cs1. The normalized spacial score (nSPS) is 10.8. The highest BCUT2D eigenvalue weighted by atomic mass is 32.1. The van der Waals surface area contributed by atoms with Crippen molar-refractivity contribution in [1.82, 2.24) is 9.88 Å². The van der Waals surface area contributed by atoms with E-state index in [4.69, 9.17) is 5.11 Å². The summed E-state index contributed by atoms with van der Waals surface area (Å²) in [4.78, 5) is 17.9. The number of rotatable bonds is 7. The number of nitrogens with one attached hydrogen (secondary N) is 1. The van der Waals surface area contributed by atoms with Crippen LogP contribution in [-0.2, 0) is 4.79 Å². The first-order valence-electron chi connectivity index (χ1n) is 5.71. The van der Waals surface area contributed by atoms with Crippen LogP contribution >= 0.6 is 11.3 Å². The molecule has 1 heterocycles. The maximum atomic E-state index is 11.7. The molecule has 1 amide bonds. The van der Waals surface area contributed by atoms with E-state index in [0.717, 1.165) is 18.8 Å². The smallest absolute Gasteiger partial charge is 0.240 e. The summed E-state index contributed by atoms with van der Waals surface area (Å²) >= 11 is 1.43. The lowest BCUT2D eigenvalue weighted by Crippen LogP contribution is -2.34. The highest BCUT2D eigenvalue weighted by Gasteiger charge is 2.10. The van der Waals surface area contributed by atoms with Crippen molar-refractivity contribution >= 4 is 22.4 Å². The minimum Gasteiger partial charge on any atom is -0.396 e. The predicted octanol–water partition coefficient (Wildman–Crippen LogP) is 1.09. The van der Waals surface area contributed by atoms with Crippen LogP contribution in [0, 0.1) is 6.92 Å². The number of hydrogen-bond acceptors (Lipinski definition) is 5. The van der Waals surface area contributed by atoms with Gasteiger partial charge in [0.2, 0.25) is 5.91 Å². The molecule has 0 bridgehead atoms. The van der Waals surface area contributed by atoms with Crippen molar-refractivity contribution in [2.75, 3.05) is 31.6 Å². The zero-order valence-corrected chi connectivity index (χ0v) is 11.1. The van der Waals surface area contributed by atoms with Crippen LogP contribution in [0.1, 0.15) is 19.0 Å². The fourth-order valence-electron chi connectivity index (χ4n) is 1.42. The van der Waals surface area contributed by atoms with E-state index < -0.39 is 0 Å². The number of likely N-dealkylation sites (N-methyl/N-ethyl adjacent to an activating group) is 1. The van der Waals surface area contributed by atoms with Gasteiger partial charge in [0, 0.05) is 18.5 Å². The van der Waals surface area contributed by atoms with E-state index in [9.17, 15) is 4.79 Å². The Hall–Kier alpha value is -0.980. The molecule has 2 N–H and O–H groups in total. The molecule has 0 atom stereocenters. The summed E-state index contributed by atoms with van der Waals surface area (Å²) < 4.78 is 0. The summed E-state index contributed by atoms with van der Waals surface area (Å²) in [5.74, 6) is -0.0564. The number of anilines is 1. The molecule has 1 aromatic heterocycles. The first-order valence-corrected chi connectivity index (χ1v) is 6.59. The number of thiazole rings is 1. The molecule has 1 rings (SSSR count). The summed E-state index contributed by atoms with van der Waals surface area (Å²) in [5.41, 5.74) is 0.915. The van der Waals surface area contributed by atoms with Crippen molar-refractivity contribution in [2.45, 2.75) is 20.3 Å². The summed E-state index contributed by atoms with van der Waals surface area (Å²) in [6.45, 7) is 5.92. The van der Waals surface area contributed by atoms with Gasteiger partial charge < -0.3 is 10.4 Å². The molecule has 0 radical (unpaired) electrons. The van der Waals surface area contributed by atoms with Gasteiger partial charge in [0.25, 0.3) is 0 Å². The van der Waals surface area contributed by atoms with Gasteiger partial charge in [-0.25, -0.2) is 4.98 Å². The molecule has 1 aromatic rings. The molecule has 0 saturated heterocycles. The van der Waals surface area contributed by atoms with Crippen LogP contribution in [0.3, 0.4) is 0 Å². The molecule has 96 valence electrons. The fourth-order valence-corrected chi connectivity index (χ4v) is 2.12. The Labute approximate surface area is 105 Å². The molecular formula is C11H19N3O2S. The number of carbonyl (C=O) groups excluding carboxylic acids is 1. The molecular weight excluding hydrogens is 238 g/mol. The Balaban J connectivity index is 2.37. The lowest BCUT2D eigenvalue weighted by atomic mass is 10.4. The van der Waals surface area contributed by atoms with Gasteiger partial charge in [0.1, 0.15) is 0 Å². The molecule has 0 aliphatic carbocycles. The molecule has 0 fully saturated rings. The van der Waals surface area contributed by atoms with Gasteiger partial charge in [0.05, 0.1) is 12.2 Å². The zero-order chi connectivity index (χ0) is 12.7. The molecule has 0 aliphatic rings. The number of nitrogens with zero attached hydrogens (tertiary/aromatic N) is 2. The number of amides is 1. The minimum atomic E-state index is -0.0564. The quantitative estimate of drug-likeness (QED) is 0.767. The van der Waals surface area contributed by atoms with Gasteiger partial charge in [-0.05, 0) is 19.9 Å². The van der Waals surface area contributed by atoms with Crippen LogP contribution in [-0.4, -0.2) is 47.1 Å². The summed E-state index contributed by atoms with van der Waals surface area (Å²) in [6, 6.07) is 0. The van der Waals surface area contributed by atoms with E-state index in [1.54, 1.807) is 0 Å². The largest absolute Gasteiger partial charge is 0.396 e. The van der Waals surface area contributed by atoms with Gasteiger partial charge in [-0.15, -0.1) is 11.3 Å². The Morgan fingerprint density at radius 3 is 2.94 bits per heavy atom. The number of aryl methyl sites for hydroxylation is 1. The first kappa shape index (κ1) is 14.1. The van der Waals surface area contributed by atoms with Crippen LogP contribution in [0.25, 0.3) is 0 Å². The number of aliphatic hydroxyl groups is 1. The van der Waals surface area contributed by atoms with Crippen molar-refractivity contribution in [3.8, 4) is 0 Å². The summed E-state index contributed by atoms with van der Waals surface area (Å²) in [7, 11) is 0. The maximum absolute atomic E-state index is 11.7. The summed E-state index contributed by atoms with van der Waals surface area (Å²) in [5, 5.41) is 14.1. The van der Waals surface area contributed by atoms with Gasteiger partial charge in [-0.3, -0.25) is 9.69 Å². The third-order valence-electron chi connectivity index (χ3n) is 2.31. The molecule has 0 unspecified atom stereocenters. The predicted molar refractivity (Wildman–Crippen MR) is 69.3 cm³/mol. The molecule has 0 saturated carbocycles. The average Bonchev–Trinajstić information content (AvgIpc) is 2.69. The van der Waals surface area contributed by atoms with E-state index in [1.807, 2.05) is 24.1 Å². The van der Waals surface area contributed by atoms with Gasteiger partial charge >= 0.3 is 0 Å². The standard InChI is InChI=1S/C11H19N3O2S/c1-3-14(5-4-6-15)7-10(16)13-11-12-9(2)8-17-11/h8,15H,3-7H2,1-2H3,(H,12,13,16). The Bertz CT molecular complexity index is 354. The van der Waals surface area contributed by atoms with Gasteiger partial charge in [-0.1, -0.05) is 6.92 Å². The second-order valence-corrected chi connectivity index (χ2v) is 4.65. The van der Waals surface area contributed by atoms with Gasteiger partial charge in [0.15, 0.2) is 5.13 Å². The molecule has 17 heavy (non-hydrogen) atoms. The van der Waals surface area contributed by atoms with Crippen LogP contribution in [0.4, 0.5) is 5.13 Å². The molecule has 0 aromatic carbocycles. The lowest BCUT2D eigenvalue weighted by Gasteiger charge is -2.18. The van der Waals surface area contributed by atoms with Crippen LogP contribution in [0.2, 0.25) is 0 Å². The van der Waals surface area contributed by atoms with Crippen molar-refractivity contribution in [2.24, 2.45) is 0 Å². The van der Waals surface area contributed by atoms with E-state index >= 15 is 0 Å². The number of hydrogen-bond donors (Lipinski definition) is 2. The lowest BCUT2D eigenvalue weighted by molar-refractivity contribution is -0.117. The minimum absolute atomic E-state index is 0.0564. The Kier molecular flexibility index (Phi) is 6.10. The highest BCUT2D eigenvalue weighted by molar-refractivity contribution is 7.13. The van der Waals surface area contributed by atoms with E-state index in [0.29, 0.717) is 18.1 Å². The third-order valence-corrected chi connectivity index (χ3v) is 3.19. The second kappa shape index (κ2) is 7.37. The van der Waals surface area contributed by atoms with Crippen molar-refractivity contribution in [3.63, 3.8) is 0 Å². The van der Waals surface area contributed by atoms with Gasteiger partial charge in [-0.2, -0.15) is 0 Å². The van der Waals surface area contributed by atoms with E-state index in [2.05, 4.69) is 10.3 Å². The Morgan fingerprint density at radius 2 is 2.41 bits per heavy atom. The maximum Gasteiger partial charge on any atom is 0.240 e. The molecule has 5 nitrogen and oxygen atoms in total.